The third-order valence-electron chi connectivity index (χ3n) is 2.34. The maximum Gasteiger partial charge on any atom is 0.190 e. The molecule has 0 radical (unpaired) electrons. The molecule has 0 amide bonds. The van der Waals surface area contributed by atoms with Crippen molar-refractivity contribution in [2.75, 3.05) is 11.4 Å². The molecule has 94 valence electrons. The summed E-state index contributed by atoms with van der Waals surface area (Å²) in [6, 6.07) is 10.1. The average molecular weight is 342 g/mol. The molecule has 0 fully saturated rings. The van der Waals surface area contributed by atoms with Crippen molar-refractivity contribution in [3.63, 3.8) is 0 Å². The number of nitrogens with zero attached hydrogens (tertiary/aromatic N) is 2. The summed E-state index contributed by atoms with van der Waals surface area (Å²) in [5, 5.41) is 2.90. The monoisotopic (exact) mass is 341 g/mol. The van der Waals surface area contributed by atoms with Crippen molar-refractivity contribution >= 4 is 55.3 Å². The van der Waals surface area contributed by atoms with E-state index in [1.54, 1.807) is 11.3 Å². The molecule has 0 bridgehead atoms. The smallest absolute Gasteiger partial charge is 0.190 e. The van der Waals surface area contributed by atoms with Crippen LogP contribution in [0.1, 0.15) is 6.42 Å². The van der Waals surface area contributed by atoms with Crippen molar-refractivity contribution in [3.05, 3.63) is 40.3 Å². The molecule has 0 unspecified atom stereocenters. The highest BCUT2D eigenvalue weighted by Crippen LogP contribution is 2.30. The number of thiocarbonyl (C=S) groups is 1. The van der Waals surface area contributed by atoms with Crippen molar-refractivity contribution in [1.82, 2.24) is 4.98 Å². The number of anilines is 2. The van der Waals surface area contributed by atoms with Gasteiger partial charge in [-0.3, -0.25) is 0 Å². The zero-order valence-corrected chi connectivity index (χ0v) is 12.8. The molecule has 0 aliphatic rings. The van der Waals surface area contributed by atoms with Gasteiger partial charge in [-0.25, -0.2) is 4.98 Å². The van der Waals surface area contributed by atoms with Crippen LogP contribution in [-0.4, -0.2) is 16.5 Å². The lowest BCUT2D eigenvalue weighted by Crippen LogP contribution is -2.22. The van der Waals surface area contributed by atoms with Crippen LogP contribution in [-0.2, 0) is 0 Å². The van der Waals surface area contributed by atoms with Crippen LogP contribution in [0.25, 0.3) is 0 Å². The Balaban J connectivity index is 2.26. The van der Waals surface area contributed by atoms with Gasteiger partial charge in [-0.05, 0) is 28.1 Å². The minimum absolute atomic E-state index is 0.520. The number of halogens is 1. The van der Waals surface area contributed by atoms with Gasteiger partial charge < -0.3 is 10.6 Å². The van der Waals surface area contributed by atoms with Gasteiger partial charge in [-0.2, -0.15) is 0 Å². The number of rotatable bonds is 5. The number of hydrogen-bond acceptors (Lipinski definition) is 4. The van der Waals surface area contributed by atoms with Gasteiger partial charge in [0.2, 0.25) is 0 Å². The molecule has 0 saturated heterocycles. The summed E-state index contributed by atoms with van der Waals surface area (Å²) in [5.41, 5.74) is 6.67. The maximum atomic E-state index is 5.58. The fourth-order valence-electron chi connectivity index (χ4n) is 1.53. The van der Waals surface area contributed by atoms with E-state index in [9.17, 15) is 0 Å². The van der Waals surface area contributed by atoms with E-state index in [2.05, 4.69) is 37.9 Å². The molecule has 0 atom stereocenters. The van der Waals surface area contributed by atoms with Crippen molar-refractivity contribution in [1.29, 1.82) is 0 Å². The molecule has 0 saturated carbocycles. The molecule has 2 N–H and O–H groups in total. The molecule has 0 spiro atoms. The van der Waals surface area contributed by atoms with E-state index in [0.717, 1.165) is 22.0 Å². The zero-order valence-electron chi connectivity index (χ0n) is 9.54. The van der Waals surface area contributed by atoms with Crippen LogP contribution in [0.15, 0.2) is 40.3 Å². The lowest BCUT2D eigenvalue weighted by atomic mass is 10.3. The standard InChI is InChI=1S/C12H12BrN3S2/c13-10-8-18-12(15-10)16(7-6-11(14)17)9-4-2-1-3-5-9/h1-5,8H,6-7H2,(H2,14,17). The maximum absolute atomic E-state index is 5.58. The highest BCUT2D eigenvalue weighted by atomic mass is 79.9. The minimum atomic E-state index is 0.520. The van der Waals surface area contributed by atoms with E-state index in [0.29, 0.717) is 11.4 Å². The summed E-state index contributed by atoms with van der Waals surface area (Å²) in [6.07, 6.45) is 0.668. The molecular weight excluding hydrogens is 330 g/mol. The number of thiazole rings is 1. The van der Waals surface area contributed by atoms with E-state index in [1.807, 2.05) is 23.6 Å². The van der Waals surface area contributed by atoms with Gasteiger partial charge in [0, 0.05) is 24.0 Å². The first-order chi connectivity index (χ1) is 8.66. The quantitative estimate of drug-likeness (QED) is 0.841. The van der Waals surface area contributed by atoms with Gasteiger partial charge in [0.1, 0.15) is 4.60 Å². The van der Waals surface area contributed by atoms with Crippen LogP contribution in [0.3, 0.4) is 0 Å². The van der Waals surface area contributed by atoms with Crippen LogP contribution in [0, 0.1) is 0 Å². The van der Waals surface area contributed by atoms with Crippen molar-refractivity contribution in [3.8, 4) is 0 Å². The summed E-state index contributed by atoms with van der Waals surface area (Å²) in [4.78, 5) is 7.08. The SMILES string of the molecule is NC(=S)CCN(c1ccccc1)c1nc(Br)cs1. The number of benzene rings is 1. The van der Waals surface area contributed by atoms with Crippen molar-refractivity contribution < 1.29 is 0 Å². The van der Waals surface area contributed by atoms with Gasteiger partial charge in [0.15, 0.2) is 5.13 Å². The topological polar surface area (TPSA) is 42.1 Å². The van der Waals surface area contributed by atoms with Crippen molar-refractivity contribution in [2.45, 2.75) is 6.42 Å². The highest BCUT2D eigenvalue weighted by molar-refractivity contribution is 9.10. The second-order valence-electron chi connectivity index (χ2n) is 3.66. The fourth-order valence-corrected chi connectivity index (χ4v) is 2.92. The normalized spacial score (nSPS) is 10.3. The van der Waals surface area contributed by atoms with Gasteiger partial charge in [0.05, 0.1) is 4.99 Å². The highest BCUT2D eigenvalue weighted by Gasteiger charge is 2.12. The van der Waals surface area contributed by atoms with Crippen LogP contribution >= 0.6 is 39.5 Å². The van der Waals surface area contributed by atoms with Crippen LogP contribution in [0.2, 0.25) is 0 Å². The Labute approximate surface area is 124 Å². The molecule has 18 heavy (non-hydrogen) atoms. The Morgan fingerprint density at radius 1 is 1.39 bits per heavy atom. The Morgan fingerprint density at radius 3 is 2.67 bits per heavy atom. The van der Waals surface area contributed by atoms with E-state index < -0.39 is 0 Å². The summed E-state index contributed by atoms with van der Waals surface area (Å²) in [7, 11) is 0. The van der Waals surface area contributed by atoms with E-state index in [-0.39, 0.29) is 0 Å². The Hall–Kier alpha value is -0.980. The molecule has 2 aromatic rings. The lowest BCUT2D eigenvalue weighted by Gasteiger charge is -2.21. The van der Waals surface area contributed by atoms with E-state index >= 15 is 0 Å². The third kappa shape index (κ3) is 3.51. The van der Waals surface area contributed by atoms with Gasteiger partial charge in [0.25, 0.3) is 0 Å². The Morgan fingerprint density at radius 2 is 2.11 bits per heavy atom. The molecule has 3 nitrogen and oxygen atoms in total. The zero-order chi connectivity index (χ0) is 13.0. The van der Waals surface area contributed by atoms with Crippen LogP contribution < -0.4 is 10.6 Å². The average Bonchev–Trinajstić information content (AvgIpc) is 2.77. The van der Waals surface area contributed by atoms with Gasteiger partial charge >= 0.3 is 0 Å². The van der Waals surface area contributed by atoms with Gasteiger partial charge in [-0.15, -0.1) is 11.3 Å². The Bertz CT molecular complexity index is 527. The summed E-state index contributed by atoms with van der Waals surface area (Å²) in [5.74, 6) is 0. The first-order valence-electron chi connectivity index (χ1n) is 5.39. The largest absolute Gasteiger partial charge is 0.393 e. The summed E-state index contributed by atoms with van der Waals surface area (Å²) < 4.78 is 0.846. The predicted molar refractivity (Wildman–Crippen MR) is 84.7 cm³/mol. The molecule has 1 aromatic heterocycles. The van der Waals surface area contributed by atoms with E-state index in [4.69, 9.17) is 18.0 Å². The predicted octanol–water partition coefficient (Wildman–Crippen LogP) is 3.72. The molecule has 1 aromatic carbocycles. The van der Waals surface area contributed by atoms with Crippen LogP contribution in [0.4, 0.5) is 10.8 Å². The number of aromatic nitrogens is 1. The third-order valence-corrected chi connectivity index (χ3v) is 4.12. The minimum Gasteiger partial charge on any atom is -0.393 e. The first-order valence-corrected chi connectivity index (χ1v) is 7.47. The van der Waals surface area contributed by atoms with Crippen molar-refractivity contribution in [2.24, 2.45) is 5.73 Å². The molecule has 0 aliphatic heterocycles. The molecule has 2 rings (SSSR count). The van der Waals surface area contributed by atoms with Gasteiger partial charge in [-0.1, -0.05) is 30.4 Å². The molecule has 1 heterocycles. The summed E-state index contributed by atoms with van der Waals surface area (Å²) in [6.45, 7) is 0.735. The lowest BCUT2D eigenvalue weighted by molar-refractivity contribution is 0.957. The fraction of sp³-hybridized carbons (Fsp3) is 0.167. The number of hydrogen-bond donors (Lipinski definition) is 1. The molecule has 0 aliphatic carbocycles. The number of nitrogens with two attached hydrogens (primary N) is 1. The van der Waals surface area contributed by atoms with Crippen LogP contribution in [0.5, 0.6) is 0 Å². The second kappa shape index (κ2) is 6.26. The molecular formula is C12H12BrN3S2. The Kier molecular flexibility index (Phi) is 4.68. The number of para-hydroxylation sites is 1. The summed E-state index contributed by atoms with van der Waals surface area (Å²) >= 11 is 9.91. The molecule has 6 heteroatoms. The first kappa shape index (κ1) is 13.5. The van der Waals surface area contributed by atoms with E-state index in [1.165, 1.54) is 0 Å². The second-order valence-corrected chi connectivity index (χ2v) is 5.83.